The molecule has 5 nitrogen and oxygen atoms in total. The molecule has 136 valence electrons. The third-order valence-electron chi connectivity index (χ3n) is 5.14. The van der Waals surface area contributed by atoms with E-state index in [1.165, 1.54) is 0 Å². The van der Waals surface area contributed by atoms with E-state index < -0.39 is 0 Å². The van der Waals surface area contributed by atoms with Crippen molar-refractivity contribution in [3.8, 4) is 6.07 Å². The van der Waals surface area contributed by atoms with Gasteiger partial charge < -0.3 is 10.2 Å². The minimum atomic E-state index is 0.598. The van der Waals surface area contributed by atoms with Crippen molar-refractivity contribution in [3.63, 3.8) is 0 Å². The van der Waals surface area contributed by atoms with Gasteiger partial charge in [-0.15, -0.1) is 0 Å². The van der Waals surface area contributed by atoms with E-state index in [-0.39, 0.29) is 0 Å². The zero-order valence-electron chi connectivity index (χ0n) is 15.7. The monoisotopic (exact) mass is 357 g/mol. The number of imidazole rings is 1. The van der Waals surface area contributed by atoms with Crippen molar-refractivity contribution in [1.29, 1.82) is 5.26 Å². The van der Waals surface area contributed by atoms with Crippen LogP contribution in [0.15, 0.2) is 48.5 Å². The van der Waals surface area contributed by atoms with E-state index in [1.807, 2.05) is 24.3 Å². The van der Waals surface area contributed by atoms with Crippen molar-refractivity contribution in [3.05, 3.63) is 54.1 Å². The Kier molecular flexibility index (Phi) is 4.66. The Balaban J connectivity index is 1.80. The first-order chi connectivity index (χ1) is 13.2. The van der Waals surface area contributed by atoms with Gasteiger partial charge >= 0.3 is 0 Å². The normalized spacial score (nSPS) is 11.5. The predicted octanol–water partition coefficient (Wildman–Crippen LogP) is 4.27. The Morgan fingerprint density at radius 1 is 1.07 bits per heavy atom. The molecule has 0 bridgehead atoms. The van der Waals surface area contributed by atoms with Crippen LogP contribution < -0.4 is 5.32 Å². The van der Waals surface area contributed by atoms with Crippen LogP contribution >= 0.6 is 0 Å². The van der Waals surface area contributed by atoms with Crippen LogP contribution in [0.3, 0.4) is 0 Å². The second-order valence-corrected chi connectivity index (χ2v) is 6.66. The quantitative estimate of drug-likeness (QED) is 0.560. The molecule has 0 spiro atoms. The number of likely N-dealkylation sites (N-methyl/N-ethyl adjacent to an activating group) is 1. The topological polar surface area (TPSA) is 56.4 Å². The van der Waals surface area contributed by atoms with Crippen LogP contribution in [0.5, 0.6) is 0 Å². The zero-order chi connectivity index (χ0) is 18.8. The summed E-state index contributed by atoms with van der Waals surface area (Å²) in [5.74, 6) is 0. The highest BCUT2D eigenvalue weighted by molar-refractivity contribution is 5.94. The zero-order valence-corrected chi connectivity index (χ0v) is 15.7. The van der Waals surface area contributed by atoms with Crippen molar-refractivity contribution in [2.24, 2.45) is 0 Å². The smallest absolute Gasteiger partial charge is 0.156 e. The largest absolute Gasteiger partial charge is 0.384 e. The molecule has 4 rings (SSSR count). The number of hydrogen-bond acceptors (Lipinski definition) is 4. The minimum Gasteiger partial charge on any atom is -0.384 e. The summed E-state index contributed by atoms with van der Waals surface area (Å²) in [5, 5.41) is 14.1. The lowest BCUT2D eigenvalue weighted by Crippen LogP contribution is -2.28. The van der Waals surface area contributed by atoms with Gasteiger partial charge in [0.05, 0.1) is 22.1 Å². The maximum atomic E-state index is 9.57. The molecule has 0 aliphatic carbocycles. The number of anilines is 1. The minimum absolute atomic E-state index is 0.598. The molecular weight excluding hydrogens is 334 g/mol. The van der Waals surface area contributed by atoms with E-state index in [2.05, 4.69) is 63.8 Å². The molecule has 2 aromatic carbocycles. The standard InChI is InChI=1S/C22H23N5/c1-3-26(4-2)12-11-24-18-10-9-16-13-17(15-23)22-25-19-7-5-6-8-20(19)27(22)21(16)14-18/h5-10,13-14,24H,3-4,11-12H2,1-2H3. The molecular formula is C22H23N5. The molecule has 0 saturated heterocycles. The summed E-state index contributed by atoms with van der Waals surface area (Å²) in [6, 6.07) is 18.5. The van der Waals surface area contributed by atoms with Gasteiger partial charge in [0.2, 0.25) is 0 Å². The average Bonchev–Trinajstić information content (AvgIpc) is 3.10. The van der Waals surface area contributed by atoms with E-state index in [1.54, 1.807) is 0 Å². The lowest BCUT2D eigenvalue weighted by molar-refractivity contribution is 0.316. The SMILES string of the molecule is CCN(CC)CCNc1ccc2cc(C#N)c3nc4ccccc4n3c2c1. The number of nitrogens with zero attached hydrogens (tertiary/aromatic N) is 4. The molecule has 4 aromatic rings. The second kappa shape index (κ2) is 7.26. The van der Waals surface area contributed by atoms with Gasteiger partial charge in [0.15, 0.2) is 5.65 Å². The van der Waals surface area contributed by atoms with Gasteiger partial charge in [-0.2, -0.15) is 5.26 Å². The Bertz CT molecular complexity index is 1150. The van der Waals surface area contributed by atoms with Gasteiger partial charge in [-0.25, -0.2) is 4.98 Å². The van der Waals surface area contributed by atoms with E-state index in [4.69, 9.17) is 0 Å². The van der Waals surface area contributed by atoms with Gasteiger partial charge in [0.1, 0.15) is 6.07 Å². The molecule has 0 aliphatic rings. The second-order valence-electron chi connectivity index (χ2n) is 6.66. The highest BCUT2D eigenvalue weighted by Crippen LogP contribution is 2.27. The third-order valence-corrected chi connectivity index (χ3v) is 5.14. The summed E-state index contributed by atoms with van der Waals surface area (Å²) in [6.07, 6.45) is 0. The number of nitriles is 1. The molecule has 0 radical (unpaired) electrons. The summed E-state index contributed by atoms with van der Waals surface area (Å²) in [7, 11) is 0. The van der Waals surface area contributed by atoms with Crippen LogP contribution in [-0.2, 0) is 0 Å². The fourth-order valence-corrected chi connectivity index (χ4v) is 3.62. The van der Waals surface area contributed by atoms with Crippen LogP contribution in [0.4, 0.5) is 5.69 Å². The summed E-state index contributed by atoms with van der Waals surface area (Å²) < 4.78 is 2.10. The Labute approximate surface area is 158 Å². The number of para-hydroxylation sites is 2. The molecule has 2 heterocycles. The maximum Gasteiger partial charge on any atom is 0.156 e. The number of aromatic nitrogens is 2. The lowest BCUT2D eigenvalue weighted by atomic mass is 10.1. The van der Waals surface area contributed by atoms with Crippen LogP contribution in [-0.4, -0.2) is 40.5 Å². The average molecular weight is 357 g/mol. The fourth-order valence-electron chi connectivity index (χ4n) is 3.62. The molecule has 1 N–H and O–H groups in total. The van der Waals surface area contributed by atoms with Crippen molar-refractivity contribution in [2.75, 3.05) is 31.5 Å². The van der Waals surface area contributed by atoms with Gasteiger partial charge in [0.25, 0.3) is 0 Å². The van der Waals surface area contributed by atoms with E-state index in [0.29, 0.717) is 11.2 Å². The van der Waals surface area contributed by atoms with Crippen molar-refractivity contribution >= 4 is 33.3 Å². The van der Waals surface area contributed by atoms with E-state index >= 15 is 0 Å². The molecule has 27 heavy (non-hydrogen) atoms. The summed E-state index contributed by atoms with van der Waals surface area (Å²) >= 11 is 0. The Hall–Kier alpha value is -3.10. The van der Waals surface area contributed by atoms with Gasteiger partial charge in [-0.1, -0.05) is 32.0 Å². The molecule has 0 amide bonds. The van der Waals surface area contributed by atoms with Gasteiger partial charge in [0, 0.05) is 24.2 Å². The first-order valence-corrected chi connectivity index (χ1v) is 9.45. The molecule has 0 unspecified atom stereocenters. The number of hydrogen-bond donors (Lipinski definition) is 1. The highest BCUT2D eigenvalue weighted by Gasteiger charge is 2.12. The molecule has 0 fully saturated rings. The fraction of sp³-hybridized carbons (Fsp3) is 0.273. The van der Waals surface area contributed by atoms with E-state index in [9.17, 15) is 5.26 Å². The first-order valence-electron chi connectivity index (χ1n) is 9.45. The molecule has 0 aliphatic heterocycles. The molecule has 2 aromatic heterocycles. The number of pyridine rings is 1. The van der Waals surface area contributed by atoms with Crippen LogP contribution in [0.2, 0.25) is 0 Å². The summed E-state index contributed by atoms with van der Waals surface area (Å²) in [6.45, 7) is 8.42. The number of benzene rings is 2. The highest BCUT2D eigenvalue weighted by atomic mass is 15.1. The number of nitrogens with one attached hydrogen (secondary N) is 1. The van der Waals surface area contributed by atoms with Crippen molar-refractivity contribution in [1.82, 2.24) is 14.3 Å². The third kappa shape index (κ3) is 3.09. The molecule has 0 saturated carbocycles. The van der Waals surface area contributed by atoms with Crippen LogP contribution in [0.1, 0.15) is 19.4 Å². The first kappa shape index (κ1) is 17.3. The van der Waals surface area contributed by atoms with Crippen molar-refractivity contribution < 1.29 is 0 Å². The summed E-state index contributed by atoms with van der Waals surface area (Å²) in [5.41, 5.74) is 5.38. The van der Waals surface area contributed by atoms with Crippen LogP contribution in [0, 0.1) is 11.3 Å². The number of rotatable bonds is 6. The van der Waals surface area contributed by atoms with E-state index in [0.717, 1.165) is 53.8 Å². The van der Waals surface area contributed by atoms with Gasteiger partial charge in [-0.3, -0.25) is 4.40 Å². The molecule has 0 atom stereocenters. The van der Waals surface area contributed by atoms with Gasteiger partial charge in [-0.05, 0) is 43.4 Å². The maximum absolute atomic E-state index is 9.57. The summed E-state index contributed by atoms with van der Waals surface area (Å²) in [4.78, 5) is 7.08. The number of fused-ring (bicyclic) bond motifs is 5. The predicted molar refractivity (Wildman–Crippen MR) is 111 cm³/mol. The van der Waals surface area contributed by atoms with Crippen molar-refractivity contribution in [2.45, 2.75) is 13.8 Å². The Morgan fingerprint density at radius 2 is 1.89 bits per heavy atom. The molecule has 5 heteroatoms. The Morgan fingerprint density at radius 3 is 2.67 bits per heavy atom. The lowest BCUT2D eigenvalue weighted by Gasteiger charge is -2.18. The van der Waals surface area contributed by atoms with Crippen LogP contribution in [0.25, 0.3) is 27.6 Å².